The number of halogens is 1. The average molecular weight is 602 g/mol. The van der Waals surface area contributed by atoms with E-state index in [1.807, 2.05) is 0 Å². The number of fused-ring (bicyclic) bond motifs is 1. The molecule has 1 fully saturated rings. The topological polar surface area (TPSA) is 288 Å². The average Bonchev–Trinajstić information content (AvgIpc) is 3.17. The van der Waals surface area contributed by atoms with Crippen LogP contribution in [0.2, 0.25) is 0 Å². The minimum Gasteiger partial charge on any atom is -0.387 e. The number of phosphoric acid groups is 3. The number of nitrogen functional groups attached to an aromatic ring is 1. The standard InChI is InChI=1S/C10H15BrN5O14P3/c11-16-8(19)4-7(14-10(16)12)15(2-13-4)9-6(18)5(17)3(28-9)1-27-32(23,24)30-33(25,26)29-31(20,21)22/h2-3,5-6,9,17-18H,1H2,(H2,12,14)(H,23,24)(H,25,26)(H2,20,21,22). The van der Waals surface area contributed by atoms with E-state index in [4.69, 9.17) is 25.2 Å². The number of anilines is 1. The molecule has 6 unspecified atom stereocenters. The Hall–Kier alpha value is -1.08. The predicted octanol–water partition coefficient (Wildman–Crippen LogP) is -1.70. The zero-order chi connectivity index (χ0) is 24.9. The highest BCUT2D eigenvalue weighted by atomic mass is 79.9. The van der Waals surface area contributed by atoms with Gasteiger partial charge >= 0.3 is 23.5 Å². The van der Waals surface area contributed by atoms with Gasteiger partial charge in [-0.15, -0.1) is 0 Å². The first kappa shape index (κ1) is 26.5. The molecule has 1 aliphatic rings. The number of nitrogens with zero attached hydrogens (tertiary/aromatic N) is 4. The molecule has 23 heteroatoms. The molecule has 1 aliphatic heterocycles. The maximum Gasteiger partial charge on any atom is 0.490 e. The van der Waals surface area contributed by atoms with Crippen molar-refractivity contribution < 1.29 is 61.4 Å². The molecule has 0 radical (unpaired) electrons. The monoisotopic (exact) mass is 601 g/mol. The summed E-state index contributed by atoms with van der Waals surface area (Å²) in [5.41, 5.74) is 4.61. The number of phosphoric ester groups is 1. The molecule has 8 N–H and O–H groups in total. The van der Waals surface area contributed by atoms with Gasteiger partial charge in [0.2, 0.25) is 5.95 Å². The molecule has 3 heterocycles. The molecule has 19 nitrogen and oxygen atoms in total. The maximum atomic E-state index is 12.2. The van der Waals surface area contributed by atoms with Gasteiger partial charge in [-0.25, -0.2) is 22.3 Å². The summed E-state index contributed by atoms with van der Waals surface area (Å²) in [4.78, 5) is 55.6. The van der Waals surface area contributed by atoms with Crippen LogP contribution in [0, 0.1) is 0 Å². The number of ether oxygens (including phenoxy) is 1. The van der Waals surface area contributed by atoms with Crippen LogP contribution in [0.1, 0.15) is 6.23 Å². The van der Waals surface area contributed by atoms with E-state index in [1.54, 1.807) is 0 Å². The Labute approximate surface area is 190 Å². The fourth-order valence-corrected chi connectivity index (χ4v) is 6.00. The summed E-state index contributed by atoms with van der Waals surface area (Å²) in [6.45, 7) is -1.02. The van der Waals surface area contributed by atoms with Crippen LogP contribution in [0.3, 0.4) is 0 Å². The second kappa shape index (κ2) is 9.18. The first-order chi connectivity index (χ1) is 15.0. The molecule has 3 rings (SSSR count). The van der Waals surface area contributed by atoms with Crippen LogP contribution in [-0.2, 0) is 31.6 Å². The summed E-state index contributed by atoms with van der Waals surface area (Å²) in [5.74, 6) is -0.272. The van der Waals surface area contributed by atoms with Gasteiger partial charge in [0.25, 0.3) is 5.56 Å². The van der Waals surface area contributed by atoms with Gasteiger partial charge in [0.1, 0.15) is 18.3 Å². The molecular formula is C10H15BrN5O14P3. The van der Waals surface area contributed by atoms with Crippen LogP contribution in [0.5, 0.6) is 0 Å². The molecular weight excluding hydrogens is 587 g/mol. The SMILES string of the molecule is Nc1nc2c(ncn2C2OC(COP(=O)(O)OP(=O)(O)OP(=O)(O)O)C(O)C2O)c(=O)n1Br. The molecule has 2 aromatic heterocycles. The first-order valence-corrected chi connectivity index (χ1v) is 13.5. The summed E-state index contributed by atoms with van der Waals surface area (Å²) in [5, 5.41) is 20.5. The number of aliphatic hydroxyl groups is 2. The first-order valence-electron chi connectivity index (χ1n) is 8.22. The minimum absolute atomic E-state index is 0.127. The molecule has 0 bridgehead atoms. The van der Waals surface area contributed by atoms with Crippen LogP contribution < -0.4 is 11.3 Å². The van der Waals surface area contributed by atoms with Crippen molar-refractivity contribution in [3.05, 3.63) is 16.7 Å². The van der Waals surface area contributed by atoms with Gasteiger partial charge in [0.05, 0.1) is 29.1 Å². The lowest BCUT2D eigenvalue weighted by Crippen LogP contribution is -2.33. The number of aliphatic hydroxyl groups excluding tert-OH is 2. The lowest BCUT2D eigenvalue weighted by atomic mass is 10.1. The van der Waals surface area contributed by atoms with Gasteiger partial charge in [-0.1, -0.05) is 0 Å². The second-order valence-electron chi connectivity index (χ2n) is 6.31. The van der Waals surface area contributed by atoms with Crippen LogP contribution in [0.15, 0.2) is 11.1 Å². The molecule has 0 spiro atoms. The summed E-state index contributed by atoms with van der Waals surface area (Å²) >= 11 is 2.88. The van der Waals surface area contributed by atoms with Gasteiger partial charge in [-0.2, -0.15) is 13.6 Å². The number of nitrogens with two attached hydrogens (primary N) is 1. The van der Waals surface area contributed by atoms with E-state index in [-0.39, 0.29) is 17.1 Å². The van der Waals surface area contributed by atoms with Crippen molar-refractivity contribution in [1.29, 1.82) is 0 Å². The minimum atomic E-state index is -5.74. The molecule has 1 saturated heterocycles. The van der Waals surface area contributed by atoms with Gasteiger partial charge in [-0.3, -0.25) is 13.9 Å². The van der Waals surface area contributed by atoms with Crippen LogP contribution in [-0.4, -0.2) is 72.8 Å². The zero-order valence-corrected chi connectivity index (χ0v) is 19.9. The Morgan fingerprint density at radius 2 is 1.76 bits per heavy atom. The molecule has 33 heavy (non-hydrogen) atoms. The normalized spacial score (nSPS) is 27.5. The molecule has 0 amide bonds. The quantitative estimate of drug-likeness (QED) is 0.166. The highest BCUT2D eigenvalue weighted by Gasteiger charge is 2.47. The molecule has 2 aromatic rings. The Balaban J connectivity index is 1.75. The van der Waals surface area contributed by atoms with Gasteiger partial charge in [-0.05, 0) is 0 Å². The number of hydrogen-bond acceptors (Lipinski definition) is 13. The van der Waals surface area contributed by atoms with Crippen molar-refractivity contribution in [2.75, 3.05) is 12.3 Å². The van der Waals surface area contributed by atoms with Crippen molar-refractivity contribution in [3.63, 3.8) is 0 Å². The fourth-order valence-electron chi connectivity index (χ4n) is 2.72. The molecule has 6 atom stereocenters. The van der Waals surface area contributed by atoms with Crippen molar-refractivity contribution in [2.45, 2.75) is 24.5 Å². The van der Waals surface area contributed by atoms with Gasteiger partial charge in [0, 0.05) is 0 Å². The summed E-state index contributed by atoms with van der Waals surface area (Å²) in [6, 6.07) is 0. The predicted molar refractivity (Wildman–Crippen MR) is 106 cm³/mol. The Morgan fingerprint density at radius 1 is 1.12 bits per heavy atom. The third kappa shape index (κ3) is 5.95. The molecule has 0 aromatic carbocycles. The Bertz CT molecular complexity index is 1260. The van der Waals surface area contributed by atoms with Gasteiger partial charge < -0.3 is 40.3 Å². The van der Waals surface area contributed by atoms with Crippen LogP contribution >= 0.6 is 39.6 Å². The summed E-state index contributed by atoms with van der Waals surface area (Å²) in [7, 11) is -16.8. The Kier molecular flexibility index (Phi) is 7.38. The van der Waals surface area contributed by atoms with E-state index in [0.717, 1.165) is 14.5 Å². The summed E-state index contributed by atoms with van der Waals surface area (Å²) < 4.78 is 52.6. The largest absolute Gasteiger partial charge is 0.490 e. The van der Waals surface area contributed by atoms with Crippen molar-refractivity contribution in [3.8, 4) is 0 Å². The fraction of sp³-hybridized carbons (Fsp3) is 0.500. The zero-order valence-electron chi connectivity index (χ0n) is 15.6. The lowest BCUT2D eigenvalue weighted by Gasteiger charge is -2.19. The van der Waals surface area contributed by atoms with E-state index in [1.165, 1.54) is 0 Å². The van der Waals surface area contributed by atoms with Crippen molar-refractivity contribution in [2.24, 2.45) is 0 Å². The number of imidazole rings is 1. The smallest absolute Gasteiger partial charge is 0.387 e. The highest BCUT2D eigenvalue weighted by molar-refractivity contribution is 9.08. The van der Waals surface area contributed by atoms with E-state index in [2.05, 4.69) is 39.3 Å². The van der Waals surface area contributed by atoms with Crippen LogP contribution in [0.4, 0.5) is 5.95 Å². The molecule has 0 saturated carbocycles. The third-order valence-electron chi connectivity index (χ3n) is 4.00. The third-order valence-corrected chi connectivity index (χ3v) is 8.49. The van der Waals surface area contributed by atoms with Crippen molar-refractivity contribution in [1.82, 2.24) is 18.1 Å². The number of aromatic nitrogens is 4. The van der Waals surface area contributed by atoms with E-state index in [0.29, 0.717) is 0 Å². The van der Waals surface area contributed by atoms with Crippen LogP contribution in [0.25, 0.3) is 11.2 Å². The molecule has 0 aliphatic carbocycles. The lowest BCUT2D eigenvalue weighted by molar-refractivity contribution is -0.0503. The second-order valence-corrected chi connectivity index (χ2v) is 11.4. The number of rotatable bonds is 8. The number of hydrogen-bond donors (Lipinski definition) is 7. The Morgan fingerprint density at radius 3 is 2.36 bits per heavy atom. The van der Waals surface area contributed by atoms with E-state index in [9.17, 15) is 33.6 Å². The summed E-state index contributed by atoms with van der Waals surface area (Å²) in [6.07, 6.45) is -5.38. The molecule has 186 valence electrons. The van der Waals surface area contributed by atoms with E-state index < -0.39 is 60.2 Å². The van der Waals surface area contributed by atoms with Crippen molar-refractivity contribution >= 4 is 56.7 Å². The van der Waals surface area contributed by atoms with Gasteiger partial charge in [0.15, 0.2) is 17.4 Å². The maximum absolute atomic E-state index is 12.2. The highest BCUT2D eigenvalue weighted by Crippen LogP contribution is 2.66. The van der Waals surface area contributed by atoms with E-state index >= 15 is 0 Å².